The van der Waals surface area contributed by atoms with Crippen molar-refractivity contribution < 1.29 is 23.9 Å². The van der Waals surface area contributed by atoms with Gasteiger partial charge in [-0.15, -0.1) is 0 Å². The summed E-state index contributed by atoms with van der Waals surface area (Å²) in [6.45, 7) is 3.15. The number of aldehydes is 1. The number of hydrogen-bond acceptors (Lipinski definition) is 5. The monoisotopic (exact) mass is 326 g/mol. The number of carbonyl (C=O) groups is 3. The molecule has 0 aliphatic carbocycles. The fourth-order valence-electron chi connectivity index (χ4n) is 2.03. The van der Waals surface area contributed by atoms with Gasteiger partial charge in [0.15, 0.2) is 25.3 Å². The summed E-state index contributed by atoms with van der Waals surface area (Å²) < 4.78 is 10.2. The number of para-hydroxylation sites is 1. The molecule has 2 aromatic carbocycles. The number of ketones is 1. The molecule has 0 amide bonds. The Hall–Kier alpha value is -2.95. The van der Waals surface area contributed by atoms with Crippen LogP contribution in [-0.2, 0) is 9.53 Å². The van der Waals surface area contributed by atoms with Crippen LogP contribution in [0.3, 0.4) is 0 Å². The van der Waals surface area contributed by atoms with Gasteiger partial charge < -0.3 is 9.47 Å². The highest BCUT2D eigenvalue weighted by Gasteiger charge is 2.12. The van der Waals surface area contributed by atoms with Gasteiger partial charge in [0.05, 0.1) is 5.56 Å². The van der Waals surface area contributed by atoms with Crippen molar-refractivity contribution in [3.05, 3.63) is 64.7 Å². The number of Topliss-reactive ketones (excluding diaryl/α,β-unsaturated/α-hetero) is 1. The summed E-state index contributed by atoms with van der Waals surface area (Å²) in [4.78, 5) is 34.6. The quantitative estimate of drug-likeness (QED) is 0.444. The highest BCUT2D eigenvalue weighted by Crippen LogP contribution is 2.15. The molecule has 0 saturated heterocycles. The normalized spacial score (nSPS) is 10.1. The van der Waals surface area contributed by atoms with Crippen LogP contribution in [0.15, 0.2) is 42.5 Å². The summed E-state index contributed by atoms with van der Waals surface area (Å²) in [6.07, 6.45) is 0.643. The van der Waals surface area contributed by atoms with Gasteiger partial charge in [0, 0.05) is 5.56 Å². The first-order chi connectivity index (χ1) is 11.5. The predicted molar refractivity (Wildman–Crippen MR) is 88.5 cm³/mol. The molecule has 2 rings (SSSR count). The van der Waals surface area contributed by atoms with Gasteiger partial charge in [-0.25, -0.2) is 4.79 Å². The largest absolute Gasteiger partial charge is 0.481 e. The first-order valence-corrected chi connectivity index (χ1v) is 7.44. The van der Waals surface area contributed by atoms with Gasteiger partial charge in [-0.2, -0.15) is 0 Å². The maximum absolute atomic E-state index is 12.0. The second kappa shape index (κ2) is 8.06. The first kappa shape index (κ1) is 17.4. The molecule has 5 nitrogen and oxygen atoms in total. The fourth-order valence-corrected chi connectivity index (χ4v) is 2.03. The van der Waals surface area contributed by atoms with Gasteiger partial charge in [0.2, 0.25) is 0 Å². The summed E-state index contributed by atoms with van der Waals surface area (Å²) in [6, 6.07) is 11.9. The van der Waals surface area contributed by atoms with Crippen molar-refractivity contribution in [1.82, 2.24) is 0 Å². The Kier molecular flexibility index (Phi) is 5.84. The minimum atomic E-state index is -0.673. The summed E-state index contributed by atoms with van der Waals surface area (Å²) in [5.41, 5.74) is 2.93. The van der Waals surface area contributed by atoms with Crippen LogP contribution in [0.25, 0.3) is 0 Å². The van der Waals surface area contributed by atoms with Crippen molar-refractivity contribution in [2.45, 2.75) is 13.8 Å². The molecule has 0 fully saturated rings. The summed E-state index contributed by atoms with van der Waals surface area (Å²) in [5.74, 6) is -0.655. The van der Waals surface area contributed by atoms with Gasteiger partial charge in [-0.3, -0.25) is 9.59 Å². The molecule has 5 heteroatoms. The molecular formula is C19H18O5. The zero-order valence-electron chi connectivity index (χ0n) is 13.6. The molecule has 2 aromatic rings. The van der Waals surface area contributed by atoms with Crippen molar-refractivity contribution in [3.63, 3.8) is 0 Å². The topological polar surface area (TPSA) is 69.7 Å². The number of carbonyl (C=O) groups excluding carboxylic acids is 3. The average Bonchev–Trinajstić information content (AvgIpc) is 2.60. The molecule has 0 N–H and O–H groups in total. The van der Waals surface area contributed by atoms with Crippen LogP contribution < -0.4 is 4.74 Å². The Morgan fingerprint density at radius 2 is 1.75 bits per heavy atom. The number of aryl methyl sites for hydroxylation is 2. The SMILES string of the molecule is Cc1ccc(C(=O)COC(=O)COc2ccccc2C=O)cc1C. The molecule has 0 radical (unpaired) electrons. The molecule has 0 atom stereocenters. The molecule has 0 unspecified atom stereocenters. The van der Waals surface area contributed by atoms with E-state index in [1.165, 1.54) is 0 Å². The molecule has 24 heavy (non-hydrogen) atoms. The third-order valence-electron chi connectivity index (χ3n) is 3.58. The average molecular weight is 326 g/mol. The van der Waals surface area contributed by atoms with Crippen molar-refractivity contribution in [2.24, 2.45) is 0 Å². The number of ether oxygens (including phenoxy) is 2. The Morgan fingerprint density at radius 1 is 1.00 bits per heavy atom. The number of rotatable bonds is 7. The molecular weight excluding hydrogens is 308 g/mol. The van der Waals surface area contributed by atoms with Gasteiger partial charge >= 0.3 is 5.97 Å². The molecule has 0 aliphatic heterocycles. The zero-order valence-corrected chi connectivity index (χ0v) is 13.6. The van der Waals surface area contributed by atoms with Gasteiger partial charge in [0.25, 0.3) is 0 Å². The zero-order chi connectivity index (χ0) is 17.5. The van der Waals surface area contributed by atoms with Crippen LogP contribution in [0, 0.1) is 13.8 Å². The molecule has 0 spiro atoms. The molecule has 0 aromatic heterocycles. The van der Waals surface area contributed by atoms with Crippen molar-refractivity contribution in [1.29, 1.82) is 0 Å². The van der Waals surface area contributed by atoms with Gasteiger partial charge in [-0.1, -0.05) is 24.3 Å². The smallest absolute Gasteiger partial charge is 0.344 e. The van der Waals surface area contributed by atoms with E-state index < -0.39 is 5.97 Å². The highest BCUT2D eigenvalue weighted by molar-refractivity contribution is 5.98. The standard InChI is InChI=1S/C19H18O5/c1-13-7-8-15(9-14(13)2)17(21)11-24-19(22)12-23-18-6-4-3-5-16(18)10-20/h3-10H,11-12H2,1-2H3. The van der Waals surface area contributed by atoms with Crippen molar-refractivity contribution in [2.75, 3.05) is 13.2 Å². The number of hydrogen-bond donors (Lipinski definition) is 0. The van der Waals surface area contributed by atoms with E-state index in [0.29, 0.717) is 23.2 Å². The highest BCUT2D eigenvalue weighted by atomic mass is 16.6. The lowest BCUT2D eigenvalue weighted by atomic mass is 10.0. The van der Waals surface area contributed by atoms with E-state index in [9.17, 15) is 14.4 Å². The second-order valence-electron chi connectivity index (χ2n) is 5.33. The van der Waals surface area contributed by atoms with E-state index in [2.05, 4.69) is 0 Å². The summed E-state index contributed by atoms with van der Waals surface area (Å²) in [7, 11) is 0. The third-order valence-corrected chi connectivity index (χ3v) is 3.58. The number of benzene rings is 2. The van der Waals surface area contributed by atoms with E-state index >= 15 is 0 Å². The summed E-state index contributed by atoms with van der Waals surface area (Å²) >= 11 is 0. The van der Waals surface area contributed by atoms with Crippen LogP contribution in [0.2, 0.25) is 0 Å². The molecule has 0 saturated carbocycles. The second-order valence-corrected chi connectivity index (χ2v) is 5.33. The molecule has 0 bridgehead atoms. The van der Waals surface area contributed by atoms with E-state index in [1.807, 2.05) is 19.9 Å². The molecule has 124 valence electrons. The maximum atomic E-state index is 12.0. The van der Waals surface area contributed by atoms with Crippen LogP contribution in [0.4, 0.5) is 0 Å². The maximum Gasteiger partial charge on any atom is 0.344 e. The molecule has 0 aliphatic rings. The Morgan fingerprint density at radius 3 is 2.46 bits per heavy atom. The number of esters is 1. The van der Waals surface area contributed by atoms with E-state index in [0.717, 1.165) is 11.1 Å². The first-order valence-electron chi connectivity index (χ1n) is 7.44. The van der Waals surface area contributed by atoms with E-state index in [4.69, 9.17) is 9.47 Å². The van der Waals surface area contributed by atoms with E-state index in [1.54, 1.807) is 36.4 Å². The van der Waals surface area contributed by atoms with Crippen molar-refractivity contribution in [3.8, 4) is 5.75 Å². The molecule has 0 heterocycles. The lowest BCUT2D eigenvalue weighted by molar-refractivity contribution is -0.144. The van der Waals surface area contributed by atoms with Crippen LogP contribution in [-0.4, -0.2) is 31.3 Å². The lowest BCUT2D eigenvalue weighted by Gasteiger charge is -2.08. The fraction of sp³-hybridized carbons (Fsp3) is 0.211. The lowest BCUT2D eigenvalue weighted by Crippen LogP contribution is -2.20. The third kappa shape index (κ3) is 4.52. The summed E-state index contributed by atoms with van der Waals surface area (Å²) in [5, 5.41) is 0. The predicted octanol–water partition coefficient (Wildman–Crippen LogP) is 2.92. The van der Waals surface area contributed by atoms with E-state index in [-0.39, 0.29) is 19.0 Å². The van der Waals surface area contributed by atoms with Gasteiger partial charge in [0.1, 0.15) is 5.75 Å². The minimum absolute atomic E-state index is 0.278. The van der Waals surface area contributed by atoms with Crippen LogP contribution in [0.1, 0.15) is 31.8 Å². The Balaban J connectivity index is 1.85. The Labute approximate surface area is 140 Å². The minimum Gasteiger partial charge on any atom is -0.481 e. The van der Waals surface area contributed by atoms with Gasteiger partial charge in [-0.05, 0) is 43.2 Å². The van der Waals surface area contributed by atoms with Crippen molar-refractivity contribution >= 4 is 18.0 Å². The Bertz CT molecular complexity index is 764. The van der Waals surface area contributed by atoms with Crippen LogP contribution >= 0.6 is 0 Å². The van der Waals surface area contributed by atoms with Crippen LogP contribution in [0.5, 0.6) is 5.75 Å².